The van der Waals surface area contributed by atoms with Crippen molar-refractivity contribution in [3.8, 4) is 5.75 Å². The molecule has 2 aromatic heterocycles. The normalized spacial score (nSPS) is 14.0. The number of nitrogens with zero attached hydrogens (tertiary/aromatic N) is 3. The number of carbonyl (C=O) groups is 2. The fourth-order valence-corrected chi connectivity index (χ4v) is 4.25. The van der Waals surface area contributed by atoms with Crippen molar-refractivity contribution < 1.29 is 24.3 Å². The molecule has 3 heterocycles. The summed E-state index contributed by atoms with van der Waals surface area (Å²) in [5.74, 6) is 0.927. The van der Waals surface area contributed by atoms with Crippen molar-refractivity contribution in [2.75, 3.05) is 43.6 Å². The lowest BCUT2D eigenvalue weighted by Gasteiger charge is -2.28. The Kier molecular flexibility index (Phi) is 8.17. The molecule has 2 aromatic rings. The van der Waals surface area contributed by atoms with E-state index in [-0.39, 0.29) is 18.2 Å². The fraction of sp³-hybridized carbons (Fsp3) is 0.579. The molecule has 0 radical (unpaired) electrons. The van der Waals surface area contributed by atoms with E-state index >= 15 is 0 Å². The number of hydroxylamine groups is 1. The van der Waals surface area contributed by atoms with E-state index in [2.05, 4.69) is 20.2 Å². The molecule has 0 atom stereocenters. The first-order valence-electron chi connectivity index (χ1n) is 10.0. The Hall–Kier alpha value is -2.50. The van der Waals surface area contributed by atoms with Crippen LogP contribution in [0.4, 0.5) is 10.9 Å². The number of unbranched alkanes of at least 4 members (excludes halogenated alkanes) is 3. The van der Waals surface area contributed by atoms with E-state index in [0.29, 0.717) is 42.5 Å². The van der Waals surface area contributed by atoms with E-state index in [9.17, 15) is 9.59 Å². The third-order valence-corrected chi connectivity index (χ3v) is 5.79. The molecule has 164 valence electrons. The summed E-state index contributed by atoms with van der Waals surface area (Å²) in [7, 11) is 1.58. The number of anilines is 2. The molecule has 1 aliphatic rings. The number of fused-ring (bicyclic) bond motifs is 1. The Morgan fingerprint density at radius 3 is 2.57 bits per heavy atom. The Morgan fingerprint density at radius 1 is 1.20 bits per heavy atom. The third-order valence-electron chi connectivity index (χ3n) is 4.83. The predicted molar refractivity (Wildman–Crippen MR) is 113 cm³/mol. The van der Waals surface area contributed by atoms with Gasteiger partial charge in [-0.3, -0.25) is 14.8 Å². The first kappa shape index (κ1) is 22.2. The smallest absolute Gasteiger partial charge is 0.243 e. The Morgan fingerprint density at radius 2 is 1.90 bits per heavy atom. The highest BCUT2D eigenvalue weighted by Crippen LogP contribution is 2.38. The highest BCUT2D eigenvalue weighted by atomic mass is 32.1. The van der Waals surface area contributed by atoms with Crippen LogP contribution in [0.25, 0.3) is 10.2 Å². The van der Waals surface area contributed by atoms with Gasteiger partial charge in [0, 0.05) is 25.9 Å². The summed E-state index contributed by atoms with van der Waals surface area (Å²) in [6.07, 6.45) is 5.40. The second-order valence-corrected chi connectivity index (χ2v) is 7.94. The van der Waals surface area contributed by atoms with Crippen molar-refractivity contribution in [2.45, 2.75) is 38.5 Å². The number of hydrogen-bond donors (Lipinski definition) is 3. The average molecular weight is 438 g/mol. The van der Waals surface area contributed by atoms with Crippen LogP contribution in [0, 0.1) is 0 Å². The lowest BCUT2D eigenvalue weighted by atomic mass is 10.1. The fourth-order valence-electron chi connectivity index (χ4n) is 3.24. The second kappa shape index (κ2) is 11.0. The molecule has 0 aliphatic carbocycles. The van der Waals surface area contributed by atoms with Crippen LogP contribution in [-0.4, -0.2) is 60.4 Å². The number of methoxy groups -OCH3 is 1. The molecule has 30 heavy (non-hydrogen) atoms. The van der Waals surface area contributed by atoms with Gasteiger partial charge in [-0.25, -0.2) is 15.4 Å². The molecule has 0 spiro atoms. The molecule has 0 bridgehead atoms. The molecule has 11 heteroatoms. The molecule has 0 aromatic carbocycles. The first-order chi connectivity index (χ1) is 14.6. The van der Waals surface area contributed by atoms with Gasteiger partial charge in [-0.1, -0.05) is 24.2 Å². The van der Waals surface area contributed by atoms with Crippen LogP contribution in [-0.2, 0) is 14.3 Å². The minimum Gasteiger partial charge on any atom is -0.493 e. The number of thiazole rings is 1. The van der Waals surface area contributed by atoms with Crippen molar-refractivity contribution >= 4 is 44.3 Å². The van der Waals surface area contributed by atoms with Crippen molar-refractivity contribution in [1.29, 1.82) is 0 Å². The van der Waals surface area contributed by atoms with Crippen LogP contribution >= 0.6 is 11.3 Å². The summed E-state index contributed by atoms with van der Waals surface area (Å²) in [4.78, 5) is 34.5. The van der Waals surface area contributed by atoms with Gasteiger partial charge in [-0.15, -0.1) is 0 Å². The highest BCUT2D eigenvalue weighted by molar-refractivity contribution is 7.23. The number of rotatable bonds is 10. The predicted octanol–water partition coefficient (Wildman–Crippen LogP) is 2.32. The lowest BCUT2D eigenvalue weighted by Crippen LogP contribution is -2.36. The van der Waals surface area contributed by atoms with Gasteiger partial charge in [-0.05, 0) is 12.8 Å². The molecule has 3 rings (SSSR count). The van der Waals surface area contributed by atoms with Crippen LogP contribution in [0.15, 0.2) is 6.20 Å². The number of morpholine rings is 1. The summed E-state index contributed by atoms with van der Waals surface area (Å²) < 4.78 is 11.7. The van der Waals surface area contributed by atoms with Crippen LogP contribution in [0.5, 0.6) is 5.75 Å². The molecule has 0 unspecified atom stereocenters. The standard InChI is InChI=1S/C19H27N5O5S/c1-28-13-12-20-18(24-8-10-29-11-9-24)17-16(13)22-19(30-17)21-14(25)6-4-2-3-5-7-15(26)23-27/h12,27H,2-11H2,1H3,(H,23,26)(H,21,22,25). The van der Waals surface area contributed by atoms with E-state index in [4.69, 9.17) is 14.7 Å². The quantitative estimate of drug-likeness (QED) is 0.294. The first-order valence-corrected chi connectivity index (χ1v) is 10.8. The second-order valence-electron chi connectivity index (χ2n) is 6.94. The number of pyridine rings is 1. The van der Waals surface area contributed by atoms with Gasteiger partial charge in [-0.2, -0.15) is 0 Å². The zero-order chi connectivity index (χ0) is 21.3. The molecule has 0 saturated carbocycles. The summed E-state index contributed by atoms with van der Waals surface area (Å²) in [5, 5.41) is 11.8. The zero-order valence-electron chi connectivity index (χ0n) is 17.0. The van der Waals surface area contributed by atoms with Crippen LogP contribution < -0.4 is 20.4 Å². The van der Waals surface area contributed by atoms with E-state index in [1.807, 2.05) is 0 Å². The van der Waals surface area contributed by atoms with Crippen LogP contribution in [0.2, 0.25) is 0 Å². The Balaban J connectivity index is 1.58. The summed E-state index contributed by atoms with van der Waals surface area (Å²) in [6.45, 7) is 2.83. The van der Waals surface area contributed by atoms with Gasteiger partial charge in [0.25, 0.3) is 0 Å². The van der Waals surface area contributed by atoms with Gasteiger partial charge in [0.05, 0.1) is 26.5 Å². The lowest BCUT2D eigenvalue weighted by molar-refractivity contribution is -0.129. The van der Waals surface area contributed by atoms with Crippen molar-refractivity contribution in [2.24, 2.45) is 0 Å². The van der Waals surface area contributed by atoms with E-state index in [1.54, 1.807) is 18.8 Å². The van der Waals surface area contributed by atoms with Crippen molar-refractivity contribution in [3.63, 3.8) is 0 Å². The zero-order valence-corrected chi connectivity index (χ0v) is 17.8. The molecule has 3 N–H and O–H groups in total. The minimum atomic E-state index is -0.384. The maximum Gasteiger partial charge on any atom is 0.243 e. The molecular formula is C19H27N5O5S. The average Bonchev–Trinajstić information content (AvgIpc) is 3.19. The van der Waals surface area contributed by atoms with E-state index in [1.165, 1.54) is 11.3 Å². The topological polar surface area (TPSA) is 126 Å². The maximum absolute atomic E-state index is 12.3. The number of amides is 2. The number of carbonyl (C=O) groups excluding carboxylic acids is 2. The third kappa shape index (κ3) is 5.77. The summed E-state index contributed by atoms with van der Waals surface area (Å²) >= 11 is 1.39. The van der Waals surface area contributed by atoms with Gasteiger partial charge in [0.2, 0.25) is 11.8 Å². The number of aromatic nitrogens is 2. The molecule has 1 aliphatic heterocycles. The highest BCUT2D eigenvalue weighted by Gasteiger charge is 2.21. The van der Waals surface area contributed by atoms with Gasteiger partial charge < -0.3 is 19.7 Å². The van der Waals surface area contributed by atoms with E-state index < -0.39 is 0 Å². The molecule has 1 saturated heterocycles. The maximum atomic E-state index is 12.3. The monoisotopic (exact) mass is 437 g/mol. The van der Waals surface area contributed by atoms with Gasteiger partial charge in [0.15, 0.2) is 10.9 Å². The molecule has 2 amide bonds. The summed E-state index contributed by atoms with van der Waals surface area (Å²) in [6, 6.07) is 0. The van der Waals surface area contributed by atoms with E-state index in [0.717, 1.165) is 42.9 Å². The van der Waals surface area contributed by atoms with Gasteiger partial charge >= 0.3 is 0 Å². The van der Waals surface area contributed by atoms with Crippen LogP contribution in [0.1, 0.15) is 38.5 Å². The van der Waals surface area contributed by atoms with Crippen LogP contribution in [0.3, 0.4) is 0 Å². The minimum absolute atomic E-state index is 0.0954. The Bertz CT molecular complexity index is 868. The largest absolute Gasteiger partial charge is 0.493 e. The molecule has 1 fully saturated rings. The molecular weight excluding hydrogens is 410 g/mol. The SMILES string of the molecule is COc1cnc(N2CCOCC2)c2sc(NC(=O)CCCCCCC(=O)NO)nc12. The number of nitrogens with one attached hydrogen (secondary N) is 2. The molecule has 10 nitrogen and oxygen atoms in total. The summed E-state index contributed by atoms with van der Waals surface area (Å²) in [5.41, 5.74) is 2.30. The number of hydrogen-bond acceptors (Lipinski definition) is 9. The van der Waals surface area contributed by atoms with Crippen molar-refractivity contribution in [1.82, 2.24) is 15.4 Å². The van der Waals surface area contributed by atoms with Crippen molar-refractivity contribution in [3.05, 3.63) is 6.20 Å². The Labute approximate surface area is 178 Å². The number of ether oxygens (including phenoxy) is 2. The van der Waals surface area contributed by atoms with Gasteiger partial charge in [0.1, 0.15) is 16.0 Å².